The van der Waals surface area contributed by atoms with Gasteiger partial charge in [-0.05, 0) is 49.2 Å². The summed E-state index contributed by atoms with van der Waals surface area (Å²) < 4.78 is 27.9. The van der Waals surface area contributed by atoms with Crippen molar-refractivity contribution in [3.63, 3.8) is 0 Å². The van der Waals surface area contributed by atoms with E-state index in [0.29, 0.717) is 0 Å². The van der Waals surface area contributed by atoms with E-state index in [0.717, 1.165) is 36.2 Å². The molecule has 0 saturated carbocycles. The minimum Gasteiger partial charge on any atom is -0.350 e. The lowest BCUT2D eigenvalue weighted by Gasteiger charge is -2.39. The lowest BCUT2D eigenvalue weighted by atomic mass is 9.81. The van der Waals surface area contributed by atoms with Crippen LogP contribution >= 0.6 is 0 Å². The summed E-state index contributed by atoms with van der Waals surface area (Å²) in [6.45, 7) is 4.81. The van der Waals surface area contributed by atoms with Crippen LogP contribution in [0.15, 0.2) is 90.0 Å². The molecule has 1 aromatic heterocycles. The van der Waals surface area contributed by atoms with Crippen molar-refractivity contribution in [2.45, 2.75) is 36.7 Å². The molecule has 0 bridgehead atoms. The molecule has 3 aromatic rings. The summed E-state index contributed by atoms with van der Waals surface area (Å²) in [5.74, 6) is 0.339. The SMILES string of the molecule is CCNC1(C(C)Nc2nccc(NS(=O)(=O)c3ccc([N+](=O)[O-])cc3)n2)C=CC(c2ccccc2)=CC1. The molecule has 0 aliphatic heterocycles. The van der Waals surface area contributed by atoms with Gasteiger partial charge >= 0.3 is 0 Å². The maximum absolute atomic E-state index is 12.8. The molecule has 3 N–H and O–H groups in total. The smallest absolute Gasteiger partial charge is 0.269 e. The third-order valence-electron chi connectivity index (χ3n) is 6.20. The van der Waals surface area contributed by atoms with E-state index in [-0.39, 0.29) is 28.4 Å². The molecule has 2 atom stereocenters. The number of likely N-dealkylation sites (N-methyl/N-ethyl adjacent to an activating group) is 1. The first-order chi connectivity index (χ1) is 17.7. The van der Waals surface area contributed by atoms with Crippen LogP contribution in [0.2, 0.25) is 0 Å². The highest BCUT2D eigenvalue weighted by Crippen LogP contribution is 2.30. The lowest BCUT2D eigenvalue weighted by molar-refractivity contribution is -0.384. The Kier molecular flexibility index (Phi) is 7.65. The van der Waals surface area contributed by atoms with Crippen LogP contribution in [-0.4, -0.2) is 41.4 Å². The predicted molar refractivity (Wildman–Crippen MR) is 144 cm³/mol. The highest BCUT2D eigenvalue weighted by atomic mass is 32.2. The number of allylic oxidation sites excluding steroid dienone is 2. The molecular formula is C26H28N6O4S. The van der Waals surface area contributed by atoms with Gasteiger partial charge in [-0.25, -0.2) is 13.4 Å². The Hall–Kier alpha value is -4.09. The Labute approximate surface area is 215 Å². The van der Waals surface area contributed by atoms with Crippen molar-refractivity contribution >= 4 is 33.0 Å². The minimum absolute atomic E-state index is 0.0750. The summed E-state index contributed by atoms with van der Waals surface area (Å²) in [6.07, 6.45) is 8.65. The minimum atomic E-state index is -4.00. The number of sulfonamides is 1. The number of rotatable bonds is 10. The third-order valence-corrected chi connectivity index (χ3v) is 7.57. The van der Waals surface area contributed by atoms with Crippen LogP contribution in [-0.2, 0) is 10.0 Å². The van der Waals surface area contributed by atoms with E-state index >= 15 is 0 Å². The molecule has 0 saturated heterocycles. The molecule has 0 radical (unpaired) electrons. The van der Waals surface area contributed by atoms with Gasteiger partial charge in [-0.3, -0.25) is 14.8 Å². The number of nitrogens with one attached hydrogen (secondary N) is 3. The van der Waals surface area contributed by atoms with Crippen LogP contribution in [0.3, 0.4) is 0 Å². The topological polar surface area (TPSA) is 139 Å². The number of hydrogen-bond donors (Lipinski definition) is 3. The molecule has 0 fully saturated rings. The number of anilines is 2. The third kappa shape index (κ3) is 6.01. The van der Waals surface area contributed by atoms with Crippen LogP contribution in [0.5, 0.6) is 0 Å². The number of aromatic nitrogens is 2. The number of nitrogens with zero attached hydrogens (tertiary/aromatic N) is 3. The fourth-order valence-corrected chi connectivity index (χ4v) is 5.18. The maximum Gasteiger partial charge on any atom is 0.269 e. The first kappa shape index (κ1) is 26.0. The quantitative estimate of drug-likeness (QED) is 0.264. The van der Waals surface area contributed by atoms with Gasteiger partial charge in [0.1, 0.15) is 5.82 Å². The summed E-state index contributed by atoms with van der Waals surface area (Å²) in [7, 11) is -4.00. The zero-order valence-electron chi connectivity index (χ0n) is 20.5. The second kappa shape index (κ2) is 10.9. The number of benzene rings is 2. The molecule has 1 heterocycles. The van der Waals surface area contributed by atoms with Crippen molar-refractivity contribution < 1.29 is 13.3 Å². The van der Waals surface area contributed by atoms with Gasteiger partial charge in [-0.2, -0.15) is 4.98 Å². The molecule has 0 spiro atoms. The lowest BCUT2D eigenvalue weighted by Crippen LogP contribution is -2.55. The molecule has 1 aliphatic carbocycles. The van der Waals surface area contributed by atoms with Crippen molar-refractivity contribution in [3.05, 3.63) is 101 Å². The maximum atomic E-state index is 12.8. The van der Waals surface area contributed by atoms with Gasteiger partial charge in [-0.1, -0.05) is 55.5 Å². The summed E-state index contributed by atoms with van der Waals surface area (Å²) in [5, 5.41) is 17.7. The van der Waals surface area contributed by atoms with Gasteiger partial charge in [0, 0.05) is 24.4 Å². The van der Waals surface area contributed by atoms with Crippen LogP contribution < -0.4 is 15.4 Å². The van der Waals surface area contributed by atoms with Crippen LogP contribution in [0, 0.1) is 10.1 Å². The summed E-state index contributed by atoms with van der Waals surface area (Å²) in [5.41, 5.74) is 1.71. The molecule has 0 amide bonds. The predicted octanol–water partition coefficient (Wildman–Crippen LogP) is 4.38. The summed E-state index contributed by atoms with van der Waals surface area (Å²) in [6, 6.07) is 16.1. The monoisotopic (exact) mass is 520 g/mol. The van der Waals surface area contributed by atoms with Crippen molar-refractivity contribution in [1.82, 2.24) is 15.3 Å². The Morgan fingerprint density at radius 2 is 1.84 bits per heavy atom. The van der Waals surface area contributed by atoms with E-state index < -0.39 is 20.5 Å². The first-order valence-corrected chi connectivity index (χ1v) is 13.3. The van der Waals surface area contributed by atoms with Gasteiger partial charge in [0.25, 0.3) is 15.7 Å². The molecule has 37 heavy (non-hydrogen) atoms. The van der Waals surface area contributed by atoms with Gasteiger partial charge in [-0.15, -0.1) is 0 Å². The fraction of sp³-hybridized carbons (Fsp3) is 0.231. The first-order valence-electron chi connectivity index (χ1n) is 11.8. The molecule has 192 valence electrons. The molecule has 4 rings (SSSR count). The van der Waals surface area contributed by atoms with Crippen molar-refractivity contribution in [3.8, 4) is 0 Å². The van der Waals surface area contributed by atoms with E-state index in [1.807, 2.05) is 32.0 Å². The highest BCUT2D eigenvalue weighted by molar-refractivity contribution is 7.92. The second-order valence-electron chi connectivity index (χ2n) is 8.62. The van der Waals surface area contributed by atoms with Crippen molar-refractivity contribution in [2.75, 3.05) is 16.6 Å². The van der Waals surface area contributed by atoms with Crippen molar-refractivity contribution in [1.29, 1.82) is 0 Å². The van der Waals surface area contributed by atoms with Gasteiger partial charge in [0.05, 0.1) is 15.4 Å². The fourth-order valence-electron chi connectivity index (χ4n) is 4.18. The highest BCUT2D eigenvalue weighted by Gasteiger charge is 2.34. The van der Waals surface area contributed by atoms with E-state index in [1.54, 1.807) is 0 Å². The largest absolute Gasteiger partial charge is 0.350 e. The molecule has 2 unspecified atom stereocenters. The molecule has 2 aromatic carbocycles. The van der Waals surface area contributed by atoms with Crippen LogP contribution in [0.25, 0.3) is 5.57 Å². The number of hydrogen-bond acceptors (Lipinski definition) is 8. The number of nitro groups is 1. The van der Waals surface area contributed by atoms with Crippen molar-refractivity contribution in [2.24, 2.45) is 0 Å². The zero-order valence-corrected chi connectivity index (χ0v) is 21.3. The normalized spacial score (nSPS) is 18.1. The molecule has 1 aliphatic rings. The Morgan fingerprint density at radius 1 is 1.11 bits per heavy atom. The standard InChI is InChI=1S/C26H28N6O4S/c1-3-28-26(16-13-21(14-17-26)20-7-5-4-6-8-20)19(2)29-25-27-18-15-24(30-25)31-37(35,36)23-11-9-22(10-12-23)32(33)34/h4-16,18-19,28H,3,17H2,1-2H3,(H2,27,29,30,31). The average molecular weight is 521 g/mol. The average Bonchev–Trinajstić information content (AvgIpc) is 2.90. The molecular weight excluding hydrogens is 492 g/mol. The molecule has 11 heteroatoms. The van der Waals surface area contributed by atoms with Gasteiger partial charge in [0.15, 0.2) is 0 Å². The number of nitro benzene ring substituents is 1. The van der Waals surface area contributed by atoms with Gasteiger partial charge in [0.2, 0.25) is 5.95 Å². The van der Waals surface area contributed by atoms with Crippen LogP contribution in [0.4, 0.5) is 17.5 Å². The Balaban J connectivity index is 1.48. The van der Waals surface area contributed by atoms with E-state index in [1.165, 1.54) is 24.4 Å². The van der Waals surface area contributed by atoms with E-state index in [9.17, 15) is 18.5 Å². The molecule has 10 nitrogen and oxygen atoms in total. The van der Waals surface area contributed by atoms with Gasteiger partial charge < -0.3 is 10.6 Å². The van der Waals surface area contributed by atoms with E-state index in [4.69, 9.17) is 0 Å². The Morgan fingerprint density at radius 3 is 2.46 bits per heavy atom. The zero-order chi connectivity index (χ0) is 26.5. The van der Waals surface area contributed by atoms with E-state index in [2.05, 4.69) is 55.7 Å². The second-order valence-corrected chi connectivity index (χ2v) is 10.3. The van der Waals surface area contributed by atoms with Crippen LogP contribution in [0.1, 0.15) is 25.8 Å². The number of non-ortho nitro benzene ring substituents is 1. The Bertz CT molecular complexity index is 1420. The summed E-state index contributed by atoms with van der Waals surface area (Å²) in [4.78, 5) is 18.7. The summed E-state index contributed by atoms with van der Waals surface area (Å²) >= 11 is 0.